The summed E-state index contributed by atoms with van der Waals surface area (Å²) in [4.78, 5) is 15.6. The Morgan fingerprint density at radius 1 is 1.09 bits per heavy atom. The summed E-state index contributed by atoms with van der Waals surface area (Å²) in [7, 11) is -1.54. The van der Waals surface area contributed by atoms with Gasteiger partial charge in [-0.1, -0.05) is 6.08 Å². The van der Waals surface area contributed by atoms with E-state index in [1.807, 2.05) is 12.3 Å². The van der Waals surface area contributed by atoms with Gasteiger partial charge in [-0.3, -0.25) is 4.98 Å². The summed E-state index contributed by atoms with van der Waals surface area (Å²) in [6.45, 7) is 2.71. The number of anilines is 1. The van der Waals surface area contributed by atoms with E-state index in [0.717, 1.165) is 55.3 Å². The third kappa shape index (κ3) is 4.67. The molecule has 9 nitrogen and oxygen atoms in total. The Morgan fingerprint density at radius 3 is 2.48 bits per heavy atom. The van der Waals surface area contributed by atoms with E-state index in [2.05, 4.69) is 25.9 Å². The third-order valence-corrected chi connectivity index (χ3v) is 8.09. The van der Waals surface area contributed by atoms with Gasteiger partial charge in [-0.15, -0.1) is 0 Å². The fraction of sp³-hybridized carbons (Fsp3) is 0.522. The fourth-order valence-corrected chi connectivity index (χ4v) is 5.61. The van der Waals surface area contributed by atoms with Crippen molar-refractivity contribution in [3.8, 4) is 11.5 Å². The molecule has 1 unspecified atom stereocenters. The monoisotopic (exact) mass is 471 g/mol. The van der Waals surface area contributed by atoms with Crippen LogP contribution < -0.4 is 14.4 Å². The summed E-state index contributed by atoms with van der Waals surface area (Å²) in [5, 5.41) is 0. The lowest BCUT2D eigenvalue weighted by atomic mass is 9.89. The number of fused-ring (bicyclic) bond motifs is 1. The van der Waals surface area contributed by atoms with Gasteiger partial charge in [-0.2, -0.15) is 4.31 Å². The van der Waals surface area contributed by atoms with Crippen LogP contribution >= 0.6 is 0 Å². The maximum absolute atomic E-state index is 11.7. The standard InChI is InChI=1S/C23H29N5O4S/c1-31-19-13-25-23(26-14-19)27-7-3-17(4-8-27)21-12-18-11-20(24-15-22(18)32-21)16-5-9-28(10-6-16)33(2,29)30/h5,11,13-15,17,21H,3-4,6-10,12H2,1-2H3. The minimum Gasteiger partial charge on any atom is -0.494 e. The second-order valence-corrected chi connectivity index (χ2v) is 10.9. The lowest BCUT2D eigenvalue weighted by molar-refractivity contribution is 0.138. The number of methoxy groups -OCH3 is 1. The van der Waals surface area contributed by atoms with Crippen LogP contribution in [0.5, 0.6) is 11.5 Å². The average Bonchev–Trinajstić information content (AvgIpc) is 3.27. The van der Waals surface area contributed by atoms with Crippen LogP contribution in [-0.2, 0) is 16.4 Å². The van der Waals surface area contributed by atoms with Gasteiger partial charge in [0, 0.05) is 38.2 Å². The summed E-state index contributed by atoms with van der Waals surface area (Å²) >= 11 is 0. The Hall–Kier alpha value is -2.72. The molecule has 0 amide bonds. The van der Waals surface area contributed by atoms with Gasteiger partial charge in [-0.25, -0.2) is 18.4 Å². The molecule has 0 saturated carbocycles. The molecular weight excluding hydrogens is 442 g/mol. The van der Waals surface area contributed by atoms with Crippen LogP contribution in [0.15, 0.2) is 30.7 Å². The van der Waals surface area contributed by atoms with Crippen LogP contribution in [0.3, 0.4) is 0 Å². The highest BCUT2D eigenvalue weighted by Gasteiger charge is 2.34. The van der Waals surface area contributed by atoms with Gasteiger partial charge in [0.1, 0.15) is 11.9 Å². The van der Waals surface area contributed by atoms with Crippen LogP contribution in [0.4, 0.5) is 5.95 Å². The second kappa shape index (κ2) is 8.90. The predicted molar refractivity (Wildman–Crippen MR) is 125 cm³/mol. The smallest absolute Gasteiger partial charge is 0.225 e. The molecule has 0 bridgehead atoms. The molecule has 2 aromatic rings. The van der Waals surface area contributed by atoms with Crippen molar-refractivity contribution in [2.75, 3.05) is 44.4 Å². The zero-order valence-corrected chi connectivity index (χ0v) is 19.8. The molecule has 0 spiro atoms. The predicted octanol–water partition coefficient (Wildman–Crippen LogP) is 2.15. The first kappa shape index (κ1) is 22.1. The molecule has 0 N–H and O–H groups in total. The van der Waals surface area contributed by atoms with Crippen molar-refractivity contribution in [3.05, 3.63) is 42.0 Å². The Bertz CT molecular complexity index is 1140. The zero-order chi connectivity index (χ0) is 23.0. The van der Waals surface area contributed by atoms with Crippen LogP contribution in [0.25, 0.3) is 5.57 Å². The number of sulfonamides is 1. The Balaban J connectivity index is 1.19. The van der Waals surface area contributed by atoms with E-state index in [1.54, 1.807) is 19.5 Å². The number of aromatic nitrogens is 3. The van der Waals surface area contributed by atoms with Crippen molar-refractivity contribution in [1.82, 2.24) is 19.3 Å². The molecule has 2 aromatic heterocycles. The molecule has 3 aliphatic rings. The highest BCUT2D eigenvalue weighted by molar-refractivity contribution is 7.88. The Morgan fingerprint density at radius 2 is 1.85 bits per heavy atom. The quantitative estimate of drug-likeness (QED) is 0.654. The van der Waals surface area contributed by atoms with E-state index in [-0.39, 0.29) is 6.10 Å². The molecule has 1 atom stereocenters. The lowest BCUT2D eigenvalue weighted by Gasteiger charge is -2.34. The van der Waals surface area contributed by atoms with Gasteiger partial charge in [0.15, 0.2) is 5.75 Å². The maximum atomic E-state index is 11.7. The van der Waals surface area contributed by atoms with Crippen molar-refractivity contribution in [3.63, 3.8) is 0 Å². The van der Waals surface area contributed by atoms with Gasteiger partial charge in [0.25, 0.3) is 0 Å². The number of ether oxygens (including phenoxy) is 2. The molecular formula is C23H29N5O4S. The molecule has 0 aromatic carbocycles. The summed E-state index contributed by atoms with van der Waals surface area (Å²) in [5.41, 5.74) is 3.23. The zero-order valence-electron chi connectivity index (χ0n) is 19.0. The van der Waals surface area contributed by atoms with Crippen LogP contribution in [0.2, 0.25) is 0 Å². The molecule has 33 heavy (non-hydrogen) atoms. The first-order valence-corrected chi connectivity index (χ1v) is 13.2. The van der Waals surface area contributed by atoms with Crippen LogP contribution in [0.1, 0.15) is 30.5 Å². The largest absolute Gasteiger partial charge is 0.494 e. The average molecular weight is 472 g/mol. The van der Waals surface area contributed by atoms with Gasteiger partial charge in [0.2, 0.25) is 16.0 Å². The number of hydrogen-bond donors (Lipinski definition) is 0. The summed E-state index contributed by atoms with van der Waals surface area (Å²) in [6.07, 6.45) is 12.3. The number of piperidine rings is 1. The molecule has 0 aliphatic carbocycles. The van der Waals surface area contributed by atoms with E-state index in [9.17, 15) is 8.42 Å². The highest BCUT2D eigenvalue weighted by Crippen LogP contribution is 2.37. The lowest BCUT2D eigenvalue weighted by Crippen LogP contribution is -2.40. The molecule has 176 valence electrons. The fourth-order valence-electron chi connectivity index (χ4n) is 4.84. The van der Waals surface area contributed by atoms with Crippen molar-refractivity contribution in [1.29, 1.82) is 0 Å². The Labute approximate surface area is 194 Å². The summed E-state index contributed by atoms with van der Waals surface area (Å²) in [6, 6.07) is 2.12. The Kier molecular flexibility index (Phi) is 5.96. The van der Waals surface area contributed by atoms with E-state index in [4.69, 9.17) is 9.47 Å². The van der Waals surface area contributed by atoms with Gasteiger partial charge in [-0.05, 0) is 36.8 Å². The first-order chi connectivity index (χ1) is 15.9. The van der Waals surface area contributed by atoms with Crippen LogP contribution in [0, 0.1) is 5.92 Å². The maximum Gasteiger partial charge on any atom is 0.225 e. The number of hydrogen-bond acceptors (Lipinski definition) is 8. The van der Waals surface area contributed by atoms with Gasteiger partial charge in [0.05, 0.1) is 37.7 Å². The minimum atomic E-state index is -3.15. The molecule has 3 aliphatic heterocycles. The molecule has 5 rings (SSSR count). The van der Waals surface area contributed by atoms with Gasteiger partial charge < -0.3 is 14.4 Å². The topological polar surface area (TPSA) is 97.8 Å². The molecule has 1 saturated heterocycles. The van der Waals surface area contributed by atoms with Crippen molar-refractivity contribution >= 4 is 21.5 Å². The summed E-state index contributed by atoms with van der Waals surface area (Å²) in [5.74, 6) is 2.76. The summed E-state index contributed by atoms with van der Waals surface area (Å²) < 4.78 is 36.4. The number of pyridine rings is 1. The first-order valence-electron chi connectivity index (χ1n) is 11.3. The highest BCUT2D eigenvalue weighted by atomic mass is 32.2. The number of nitrogens with zero attached hydrogens (tertiary/aromatic N) is 5. The van der Waals surface area contributed by atoms with Crippen LogP contribution in [-0.4, -0.2) is 73.3 Å². The van der Waals surface area contributed by atoms with E-state index < -0.39 is 10.0 Å². The SMILES string of the molecule is COc1cnc(N2CCC(C3Cc4cc(C5=CCN(S(C)(=O)=O)CC5)ncc4O3)CC2)nc1. The van der Waals surface area contributed by atoms with E-state index >= 15 is 0 Å². The normalized spacial score (nSPS) is 21.9. The van der Waals surface area contributed by atoms with E-state index in [1.165, 1.54) is 16.1 Å². The van der Waals surface area contributed by atoms with Gasteiger partial charge >= 0.3 is 0 Å². The second-order valence-electron chi connectivity index (χ2n) is 8.89. The minimum absolute atomic E-state index is 0.164. The van der Waals surface area contributed by atoms with Crippen molar-refractivity contribution < 1.29 is 17.9 Å². The molecule has 0 radical (unpaired) electrons. The van der Waals surface area contributed by atoms with Crippen molar-refractivity contribution in [2.24, 2.45) is 5.92 Å². The van der Waals surface area contributed by atoms with E-state index in [0.29, 0.717) is 31.2 Å². The third-order valence-electron chi connectivity index (χ3n) is 6.82. The van der Waals surface area contributed by atoms with Crippen molar-refractivity contribution in [2.45, 2.75) is 31.8 Å². The molecule has 5 heterocycles. The number of rotatable bonds is 5. The molecule has 10 heteroatoms. The molecule has 1 fully saturated rings.